The molecule has 0 fully saturated rings. The molecule has 0 heterocycles. The highest BCUT2D eigenvalue weighted by Crippen LogP contribution is 2.38. The lowest BCUT2D eigenvalue weighted by Gasteiger charge is -2.15. The predicted molar refractivity (Wildman–Crippen MR) is 142 cm³/mol. The van der Waals surface area contributed by atoms with Crippen molar-refractivity contribution < 1.29 is 14.3 Å². The molecule has 0 aliphatic rings. The van der Waals surface area contributed by atoms with E-state index in [0.717, 1.165) is 16.7 Å². The van der Waals surface area contributed by atoms with Crippen LogP contribution in [0, 0.1) is 25.2 Å². The number of anilines is 1. The van der Waals surface area contributed by atoms with Crippen LogP contribution in [0.25, 0.3) is 6.08 Å². The molecule has 3 aromatic rings. The first kappa shape index (κ1) is 26.4. The van der Waals surface area contributed by atoms with Crippen molar-refractivity contribution in [2.75, 3.05) is 11.9 Å². The number of nitrogens with one attached hydrogen (secondary N) is 1. The molecule has 3 rings (SSSR count). The van der Waals surface area contributed by atoms with Crippen molar-refractivity contribution >= 4 is 52.5 Å². The Labute approximate surface area is 219 Å². The Hall–Kier alpha value is -3.17. The number of ether oxygens (including phenoxy) is 2. The first-order valence-electron chi connectivity index (χ1n) is 10.7. The number of carbonyl (C=O) groups is 1. The molecule has 0 bridgehead atoms. The summed E-state index contributed by atoms with van der Waals surface area (Å²) < 4.78 is 11.6. The van der Waals surface area contributed by atoms with Gasteiger partial charge in [0.05, 0.1) is 11.6 Å². The SMILES string of the molecule is CCOc1cc(/C=C(\C#N)C(=O)Nc2cc(C)ccc2C)cc(Cl)c1OCc1ccc(Cl)cc1Cl. The molecule has 0 spiro atoms. The van der Waals surface area contributed by atoms with E-state index in [4.69, 9.17) is 44.3 Å². The normalized spacial score (nSPS) is 11.1. The zero-order valence-corrected chi connectivity index (χ0v) is 21.7. The summed E-state index contributed by atoms with van der Waals surface area (Å²) in [5.41, 5.74) is 3.71. The van der Waals surface area contributed by atoms with Gasteiger partial charge in [0.15, 0.2) is 11.5 Å². The van der Waals surface area contributed by atoms with E-state index < -0.39 is 5.91 Å². The van der Waals surface area contributed by atoms with Crippen molar-refractivity contribution in [3.8, 4) is 17.6 Å². The minimum absolute atomic E-state index is 0.0777. The molecule has 0 saturated heterocycles. The minimum atomic E-state index is -0.520. The van der Waals surface area contributed by atoms with Crippen molar-refractivity contribution in [3.05, 3.63) is 91.4 Å². The summed E-state index contributed by atoms with van der Waals surface area (Å²) in [5.74, 6) is 0.187. The Bertz CT molecular complexity index is 1330. The number of benzene rings is 3. The number of hydrogen-bond acceptors (Lipinski definition) is 4. The van der Waals surface area contributed by atoms with Gasteiger partial charge in [-0.1, -0.05) is 53.0 Å². The van der Waals surface area contributed by atoms with E-state index in [2.05, 4.69) is 5.32 Å². The molecule has 8 heteroatoms. The third-order valence-electron chi connectivity index (χ3n) is 5.04. The first-order valence-corrected chi connectivity index (χ1v) is 11.9. The summed E-state index contributed by atoms with van der Waals surface area (Å²) in [6.07, 6.45) is 1.45. The van der Waals surface area contributed by atoms with Gasteiger partial charge in [-0.3, -0.25) is 4.79 Å². The lowest BCUT2D eigenvalue weighted by molar-refractivity contribution is -0.112. The number of halogens is 3. The number of carbonyl (C=O) groups excluding carboxylic acids is 1. The molecule has 3 aromatic carbocycles. The lowest BCUT2D eigenvalue weighted by atomic mass is 10.1. The van der Waals surface area contributed by atoms with Gasteiger partial charge < -0.3 is 14.8 Å². The quantitative estimate of drug-likeness (QED) is 0.239. The summed E-state index contributed by atoms with van der Waals surface area (Å²) in [5, 5.41) is 13.7. The Kier molecular flexibility index (Phi) is 9.06. The highest BCUT2D eigenvalue weighted by Gasteiger charge is 2.16. The van der Waals surface area contributed by atoms with Crippen LogP contribution in [0.4, 0.5) is 5.69 Å². The molecule has 35 heavy (non-hydrogen) atoms. The Balaban J connectivity index is 1.87. The fraction of sp³-hybridized carbons (Fsp3) is 0.185. The second-order valence-corrected chi connectivity index (χ2v) is 8.98. The van der Waals surface area contributed by atoms with Crippen LogP contribution in [0.5, 0.6) is 11.5 Å². The van der Waals surface area contributed by atoms with Crippen LogP contribution in [-0.2, 0) is 11.4 Å². The monoisotopic (exact) mass is 528 g/mol. The number of amides is 1. The molecule has 0 aromatic heterocycles. The molecule has 0 aliphatic heterocycles. The van der Waals surface area contributed by atoms with Gasteiger partial charge in [0, 0.05) is 21.3 Å². The second-order valence-electron chi connectivity index (χ2n) is 7.73. The molecule has 180 valence electrons. The Morgan fingerprint density at radius 2 is 1.80 bits per heavy atom. The van der Waals surface area contributed by atoms with Crippen molar-refractivity contribution in [3.63, 3.8) is 0 Å². The molecule has 0 atom stereocenters. The van der Waals surface area contributed by atoms with E-state index in [-0.39, 0.29) is 17.2 Å². The average Bonchev–Trinajstić information content (AvgIpc) is 2.80. The fourth-order valence-corrected chi connectivity index (χ4v) is 3.98. The van der Waals surface area contributed by atoms with Gasteiger partial charge in [-0.25, -0.2) is 0 Å². The Morgan fingerprint density at radius 3 is 2.49 bits per heavy atom. The molecule has 0 aliphatic carbocycles. The van der Waals surface area contributed by atoms with Crippen molar-refractivity contribution in [1.82, 2.24) is 0 Å². The number of aryl methyl sites for hydroxylation is 2. The van der Waals surface area contributed by atoms with Gasteiger partial charge in [-0.15, -0.1) is 0 Å². The first-order chi connectivity index (χ1) is 16.7. The van der Waals surface area contributed by atoms with Crippen LogP contribution < -0.4 is 14.8 Å². The predicted octanol–water partition coefficient (Wildman–Crippen LogP) is 7.79. The fourth-order valence-electron chi connectivity index (χ4n) is 3.24. The van der Waals surface area contributed by atoms with Crippen LogP contribution in [-0.4, -0.2) is 12.5 Å². The molecule has 5 nitrogen and oxygen atoms in total. The maximum atomic E-state index is 12.8. The summed E-state index contributed by atoms with van der Waals surface area (Å²) in [7, 11) is 0. The number of hydrogen-bond donors (Lipinski definition) is 1. The molecule has 0 saturated carbocycles. The van der Waals surface area contributed by atoms with Crippen LogP contribution in [0.3, 0.4) is 0 Å². The van der Waals surface area contributed by atoms with E-state index in [1.807, 2.05) is 45.0 Å². The van der Waals surface area contributed by atoms with Crippen molar-refractivity contribution in [2.45, 2.75) is 27.4 Å². The molecule has 0 unspecified atom stereocenters. The zero-order valence-electron chi connectivity index (χ0n) is 19.4. The van der Waals surface area contributed by atoms with Gasteiger partial charge in [0.25, 0.3) is 5.91 Å². The zero-order chi connectivity index (χ0) is 25.5. The summed E-state index contributed by atoms with van der Waals surface area (Å²) in [4.78, 5) is 12.8. The van der Waals surface area contributed by atoms with Gasteiger partial charge in [0.1, 0.15) is 18.2 Å². The third kappa shape index (κ3) is 6.93. The molecular formula is C27H23Cl3N2O3. The smallest absolute Gasteiger partial charge is 0.266 e. The highest BCUT2D eigenvalue weighted by atomic mass is 35.5. The lowest BCUT2D eigenvalue weighted by Crippen LogP contribution is -2.14. The summed E-state index contributed by atoms with van der Waals surface area (Å²) in [6.45, 7) is 6.15. The van der Waals surface area contributed by atoms with Crippen LogP contribution >= 0.6 is 34.8 Å². The van der Waals surface area contributed by atoms with E-state index in [1.54, 1.807) is 30.3 Å². The van der Waals surface area contributed by atoms with Gasteiger partial charge in [-0.05, 0) is 73.9 Å². The second kappa shape index (κ2) is 12.0. The van der Waals surface area contributed by atoms with Crippen molar-refractivity contribution in [1.29, 1.82) is 5.26 Å². The molecule has 0 radical (unpaired) electrons. The molecule has 1 amide bonds. The number of nitriles is 1. The highest BCUT2D eigenvalue weighted by molar-refractivity contribution is 6.35. The van der Waals surface area contributed by atoms with E-state index in [0.29, 0.717) is 39.4 Å². The van der Waals surface area contributed by atoms with Gasteiger partial charge in [0.2, 0.25) is 0 Å². The topological polar surface area (TPSA) is 71.3 Å². The largest absolute Gasteiger partial charge is 0.490 e. The van der Waals surface area contributed by atoms with Gasteiger partial charge >= 0.3 is 0 Å². The third-order valence-corrected chi connectivity index (χ3v) is 5.90. The van der Waals surface area contributed by atoms with E-state index in [9.17, 15) is 10.1 Å². The maximum Gasteiger partial charge on any atom is 0.266 e. The maximum absolute atomic E-state index is 12.8. The average molecular weight is 530 g/mol. The summed E-state index contributed by atoms with van der Waals surface area (Å²) >= 11 is 18.7. The summed E-state index contributed by atoms with van der Waals surface area (Å²) in [6, 6.07) is 16.1. The van der Waals surface area contributed by atoms with Crippen molar-refractivity contribution in [2.24, 2.45) is 0 Å². The molecular weight excluding hydrogens is 507 g/mol. The number of rotatable bonds is 8. The number of nitrogens with zero attached hydrogens (tertiary/aromatic N) is 1. The van der Waals surface area contributed by atoms with Crippen LogP contribution in [0.15, 0.2) is 54.1 Å². The minimum Gasteiger partial charge on any atom is -0.490 e. The Morgan fingerprint density at radius 1 is 1.03 bits per heavy atom. The van der Waals surface area contributed by atoms with Crippen LogP contribution in [0.2, 0.25) is 15.1 Å². The standard InChI is InChI=1S/C27H23Cl3N2O3/c1-4-34-25-12-18(10-20(14-31)27(33)32-24-9-16(2)5-6-17(24)3)11-23(30)26(25)35-15-19-7-8-21(28)13-22(19)29/h5-13H,4,15H2,1-3H3,(H,32,33)/b20-10+. The van der Waals surface area contributed by atoms with E-state index >= 15 is 0 Å². The van der Waals surface area contributed by atoms with E-state index in [1.165, 1.54) is 6.08 Å². The molecule has 1 N–H and O–H groups in total. The van der Waals surface area contributed by atoms with Crippen LogP contribution in [0.1, 0.15) is 29.2 Å². The van der Waals surface area contributed by atoms with Gasteiger partial charge in [-0.2, -0.15) is 5.26 Å².